The quantitative estimate of drug-likeness (QED) is 0.664. The average molecular weight is 428 g/mol. The van der Waals surface area contributed by atoms with Crippen molar-refractivity contribution in [3.05, 3.63) is 36.4 Å². The normalized spacial score (nSPS) is 15.9. The van der Waals surface area contributed by atoms with Crippen molar-refractivity contribution in [1.82, 2.24) is 20.2 Å². The maximum atomic E-state index is 12.2. The van der Waals surface area contributed by atoms with E-state index in [9.17, 15) is 9.59 Å². The molecule has 1 fully saturated rings. The fourth-order valence-electron chi connectivity index (χ4n) is 3.63. The van der Waals surface area contributed by atoms with Gasteiger partial charge in [-0.25, -0.2) is 14.8 Å². The van der Waals surface area contributed by atoms with Crippen LogP contribution in [0.4, 0.5) is 4.79 Å². The van der Waals surface area contributed by atoms with E-state index in [2.05, 4.69) is 15.3 Å². The molecule has 2 aromatic rings. The number of ether oxygens (including phenoxy) is 2. The lowest BCUT2D eigenvalue weighted by Crippen LogP contribution is -2.43. The highest BCUT2D eigenvalue weighted by molar-refractivity contribution is 5.76. The van der Waals surface area contributed by atoms with E-state index < -0.39 is 6.09 Å². The van der Waals surface area contributed by atoms with Crippen molar-refractivity contribution in [2.75, 3.05) is 33.9 Å². The summed E-state index contributed by atoms with van der Waals surface area (Å²) < 4.78 is 10.6. The van der Waals surface area contributed by atoms with Gasteiger partial charge in [0.2, 0.25) is 5.91 Å². The molecular weight excluding hydrogens is 400 g/mol. The average Bonchev–Trinajstić information content (AvgIpc) is 2.81. The van der Waals surface area contributed by atoms with Gasteiger partial charge in [0, 0.05) is 50.4 Å². The Kier molecular flexibility index (Phi) is 7.64. The van der Waals surface area contributed by atoms with E-state index in [1.54, 1.807) is 26.6 Å². The lowest BCUT2D eigenvalue weighted by atomic mass is 9.98. The topological polar surface area (TPSA) is 114 Å². The number of carbonyl (C=O) groups is 2. The molecule has 0 saturated carbocycles. The first-order valence-corrected chi connectivity index (χ1v) is 10.3. The van der Waals surface area contributed by atoms with Crippen LogP contribution in [0.1, 0.15) is 25.1 Å². The van der Waals surface area contributed by atoms with Crippen LogP contribution in [0.5, 0.6) is 11.5 Å². The minimum Gasteiger partial charge on any atom is -0.493 e. The number of hydrogen-bond acceptors (Lipinski definition) is 6. The van der Waals surface area contributed by atoms with Gasteiger partial charge in [-0.05, 0) is 36.5 Å². The molecule has 1 aromatic carbocycles. The molecule has 1 saturated heterocycles. The lowest BCUT2D eigenvalue weighted by molar-refractivity contribution is -0.121. The number of aromatic nitrogens is 2. The number of methoxy groups -OCH3 is 2. The van der Waals surface area contributed by atoms with Crippen LogP contribution >= 0.6 is 0 Å². The number of likely N-dealkylation sites (tertiary alicyclic amines) is 1. The molecule has 1 unspecified atom stereocenters. The van der Waals surface area contributed by atoms with Gasteiger partial charge >= 0.3 is 6.09 Å². The van der Waals surface area contributed by atoms with E-state index in [0.717, 1.165) is 24.0 Å². The number of piperidine rings is 1. The van der Waals surface area contributed by atoms with Gasteiger partial charge in [0.25, 0.3) is 0 Å². The van der Waals surface area contributed by atoms with E-state index >= 15 is 0 Å². The summed E-state index contributed by atoms with van der Waals surface area (Å²) in [5.74, 6) is 1.95. The number of carboxylic acid groups (broad SMARTS) is 1. The van der Waals surface area contributed by atoms with Gasteiger partial charge in [-0.2, -0.15) is 0 Å². The predicted octanol–water partition coefficient (Wildman–Crippen LogP) is 2.60. The lowest BCUT2D eigenvalue weighted by Gasteiger charge is -2.30. The van der Waals surface area contributed by atoms with Crippen molar-refractivity contribution >= 4 is 12.0 Å². The summed E-state index contributed by atoms with van der Waals surface area (Å²) >= 11 is 0. The molecule has 166 valence electrons. The highest BCUT2D eigenvalue weighted by Crippen LogP contribution is 2.31. The first kappa shape index (κ1) is 22.3. The molecule has 2 heterocycles. The summed E-state index contributed by atoms with van der Waals surface area (Å²) in [6.07, 6.45) is 5.02. The summed E-state index contributed by atoms with van der Waals surface area (Å²) in [5, 5.41) is 12.0. The summed E-state index contributed by atoms with van der Waals surface area (Å²) in [5.41, 5.74) is 1.75. The van der Waals surface area contributed by atoms with Crippen LogP contribution in [0.2, 0.25) is 0 Å². The Morgan fingerprint density at radius 3 is 2.58 bits per heavy atom. The zero-order valence-corrected chi connectivity index (χ0v) is 17.8. The summed E-state index contributed by atoms with van der Waals surface area (Å²) in [6, 6.07) is 5.60. The zero-order valence-electron chi connectivity index (χ0n) is 17.8. The number of hydrogen-bond donors (Lipinski definition) is 2. The molecule has 1 aliphatic rings. The Morgan fingerprint density at radius 2 is 1.90 bits per heavy atom. The van der Waals surface area contributed by atoms with Crippen molar-refractivity contribution in [2.45, 2.75) is 25.7 Å². The molecule has 2 amide bonds. The summed E-state index contributed by atoms with van der Waals surface area (Å²) in [6.45, 7) is 1.52. The zero-order chi connectivity index (χ0) is 22.2. The molecule has 9 heteroatoms. The molecule has 0 aliphatic carbocycles. The molecule has 0 radical (unpaired) electrons. The summed E-state index contributed by atoms with van der Waals surface area (Å²) in [7, 11) is 3.17. The molecule has 2 N–H and O–H groups in total. The predicted molar refractivity (Wildman–Crippen MR) is 114 cm³/mol. The van der Waals surface area contributed by atoms with Crippen molar-refractivity contribution in [3.8, 4) is 22.6 Å². The SMILES string of the molecule is COc1ccc(-c2cnc(CCC(=O)NCC3CCCN(C(=O)O)C3)nc2)cc1OC. The third-order valence-electron chi connectivity index (χ3n) is 5.38. The van der Waals surface area contributed by atoms with E-state index in [1.165, 1.54) is 4.90 Å². The third-order valence-corrected chi connectivity index (χ3v) is 5.38. The Morgan fingerprint density at radius 1 is 1.16 bits per heavy atom. The molecule has 1 aliphatic heterocycles. The van der Waals surface area contributed by atoms with E-state index in [1.807, 2.05) is 18.2 Å². The standard InChI is InChI=1S/C22H28N4O5/c1-30-18-6-5-16(10-19(18)31-2)17-12-23-20(24-13-17)7-8-21(27)25-11-15-4-3-9-26(14-15)22(28)29/h5-6,10,12-13,15H,3-4,7-9,11,14H2,1-2H3,(H,25,27)(H,28,29). The second kappa shape index (κ2) is 10.6. The van der Waals surface area contributed by atoms with Crippen LogP contribution in [0, 0.1) is 5.92 Å². The van der Waals surface area contributed by atoms with Crippen LogP contribution in [0.15, 0.2) is 30.6 Å². The van der Waals surface area contributed by atoms with E-state index in [0.29, 0.717) is 43.4 Å². The minimum absolute atomic E-state index is 0.0833. The maximum Gasteiger partial charge on any atom is 0.407 e. The van der Waals surface area contributed by atoms with Crippen LogP contribution in [-0.2, 0) is 11.2 Å². The second-order valence-electron chi connectivity index (χ2n) is 7.50. The second-order valence-corrected chi connectivity index (χ2v) is 7.50. The smallest absolute Gasteiger partial charge is 0.407 e. The Hall–Kier alpha value is -3.36. The van der Waals surface area contributed by atoms with E-state index in [4.69, 9.17) is 14.6 Å². The molecule has 1 aromatic heterocycles. The minimum atomic E-state index is -0.898. The summed E-state index contributed by atoms with van der Waals surface area (Å²) in [4.78, 5) is 33.4. The van der Waals surface area contributed by atoms with Crippen molar-refractivity contribution in [3.63, 3.8) is 0 Å². The van der Waals surface area contributed by atoms with Crippen LogP contribution < -0.4 is 14.8 Å². The number of carbonyl (C=O) groups excluding carboxylic acids is 1. The Labute approximate surface area is 181 Å². The van der Waals surface area contributed by atoms with Gasteiger partial charge in [-0.3, -0.25) is 4.79 Å². The Balaban J connectivity index is 1.48. The molecular formula is C22H28N4O5. The number of nitrogens with one attached hydrogen (secondary N) is 1. The van der Waals surface area contributed by atoms with Gasteiger partial charge in [0.15, 0.2) is 11.5 Å². The van der Waals surface area contributed by atoms with Crippen molar-refractivity contribution in [2.24, 2.45) is 5.92 Å². The largest absolute Gasteiger partial charge is 0.493 e. The van der Waals surface area contributed by atoms with Crippen molar-refractivity contribution in [1.29, 1.82) is 0 Å². The number of benzene rings is 1. The van der Waals surface area contributed by atoms with Gasteiger partial charge in [0.05, 0.1) is 14.2 Å². The van der Waals surface area contributed by atoms with Crippen LogP contribution in [-0.4, -0.2) is 65.8 Å². The molecule has 9 nitrogen and oxygen atoms in total. The number of rotatable bonds is 8. The van der Waals surface area contributed by atoms with E-state index in [-0.39, 0.29) is 18.2 Å². The fraction of sp³-hybridized carbons (Fsp3) is 0.455. The van der Waals surface area contributed by atoms with Crippen LogP contribution in [0.3, 0.4) is 0 Å². The maximum absolute atomic E-state index is 12.2. The van der Waals surface area contributed by atoms with Gasteiger partial charge < -0.3 is 24.8 Å². The molecule has 3 rings (SSSR count). The number of nitrogens with zero attached hydrogens (tertiary/aromatic N) is 3. The van der Waals surface area contributed by atoms with Gasteiger partial charge in [-0.15, -0.1) is 0 Å². The first-order chi connectivity index (χ1) is 15.0. The Bertz CT molecular complexity index is 903. The molecule has 31 heavy (non-hydrogen) atoms. The van der Waals surface area contributed by atoms with Crippen molar-refractivity contribution < 1.29 is 24.2 Å². The molecule has 0 bridgehead atoms. The molecule has 1 atom stereocenters. The highest BCUT2D eigenvalue weighted by Gasteiger charge is 2.23. The highest BCUT2D eigenvalue weighted by atomic mass is 16.5. The van der Waals surface area contributed by atoms with Gasteiger partial charge in [0.1, 0.15) is 5.82 Å². The third kappa shape index (κ3) is 6.07. The van der Waals surface area contributed by atoms with Crippen LogP contribution in [0.25, 0.3) is 11.1 Å². The first-order valence-electron chi connectivity index (χ1n) is 10.3. The fourth-order valence-corrected chi connectivity index (χ4v) is 3.63. The number of aryl methyl sites for hydroxylation is 1. The number of amides is 2. The monoisotopic (exact) mass is 428 g/mol. The molecule has 0 spiro atoms. The van der Waals surface area contributed by atoms with Gasteiger partial charge in [-0.1, -0.05) is 6.07 Å².